The van der Waals surface area contributed by atoms with Crippen LogP contribution in [-0.4, -0.2) is 25.7 Å². The number of nitrogens with one attached hydrogen (secondary N) is 2. The summed E-state index contributed by atoms with van der Waals surface area (Å²) < 4.78 is 0. The third-order valence-electron chi connectivity index (χ3n) is 1.55. The van der Waals surface area contributed by atoms with E-state index in [0.29, 0.717) is 0 Å². The molecule has 1 fully saturated rings. The molecule has 0 aliphatic carbocycles. The lowest BCUT2D eigenvalue weighted by Gasteiger charge is -2.35. The van der Waals surface area contributed by atoms with Crippen LogP contribution in [0.15, 0.2) is 0 Å². The van der Waals surface area contributed by atoms with E-state index in [9.17, 15) is 0 Å². The summed E-state index contributed by atoms with van der Waals surface area (Å²) in [6.07, 6.45) is 0. The van der Waals surface area contributed by atoms with Crippen molar-refractivity contribution >= 4 is 0 Å². The first kappa shape index (κ1) is 5.54. The number of nitrogens with zero attached hydrogens (tertiary/aromatic N) is 1. The first-order chi connectivity index (χ1) is 3.83. The van der Waals surface area contributed by atoms with Crippen LogP contribution in [-0.2, 0) is 0 Å². The second-order valence-corrected chi connectivity index (χ2v) is 2.05. The van der Waals surface area contributed by atoms with Crippen molar-refractivity contribution in [1.82, 2.24) is 10.6 Å². The molecule has 1 aliphatic rings. The van der Waals surface area contributed by atoms with E-state index >= 15 is 0 Å². The molecule has 0 bridgehead atoms. The zero-order valence-corrected chi connectivity index (χ0v) is 4.86. The van der Waals surface area contributed by atoms with Gasteiger partial charge in [-0.25, -0.2) is 0 Å². The lowest BCUT2D eigenvalue weighted by molar-refractivity contribution is 0.303. The van der Waals surface area contributed by atoms with Crippen LogP contribution in [0.3, 0.4) is 0 Å². The first-order valence-electron chi connectivity index (χ1n) is 2.64. The van der Waals surface area contributed by atoms with E-state index in [2.05, 4.69) is 16.7 Å². The Hall–Kier alpha value is -0.590. The van der Waals surface area contributed by atoms with E-state index in [0.717, 1.165) is 13.1 Å². The van der Waals surface area contributed by atoms with Crippen LogP contribution in [0.1, 0.15) is 0 Å². The number of rotatable bonds is 1. The second kappa shape index (κ2) is 1.73. The van der Waals surface area contributed by atoms with E-state index in [1.807, 2.05) is 7.05 Å². The zero-order chi connectivity index (χ0) is 6.04. The predicted octanol–water partition coefficient (Wildman–Crippen LogP) is -0.929. The van der Waals surface area contributed by atoms with Crippen molar-refractivity contribution in [3.05, 3.63) is 0 Å². The smallest absolute Gasteiger partial charge is 0.131 e. The average molecular weight is 111 g/mol. The molecule has 8 heavy (non-hydrogen) atoms. The molecule has 0 spiro atoms. The molecule has 0 aromatic rings. The summed E-state index contributed by atoms with van der Waals surface area (Å²) in [4.78, 5) is 0. The third-order valence-corrected chi connectivity index (χ3v) is 1.55. The normalized spacial score (nSPS) is 23.5. The zero-order valence-electron chi connectivity index (χ0n) is 4.86. The van der Waals surface area contributed by atoms with Gasteiger partial charge in [0.25, 0.3) is 0 Å². The van der Waals surface area contributed by atoms with Crippen LogP contribution in [0, 0.1) is 11.3 Å². The van der Waals surface area contributed by atoms with E-state index in [-0.39, 0.29) is 5.54 Å². The topological polar surface area (TPSA) is 47.9 Å². The number of likely N-dealkylation sites (N-methyl/N-ethyl adjacent to an activating group) is 1. The maximum atomic E-state index is 8.48. The molecule has 0 saturated carbocycles. The number of hydrogen-bond acceptors (Lipinski definition) is 3. The van der Waals surface area contributed by atoms with Crippen molar-refractivity contribution < 1.29 is 0 Å². The summed E-state index contributed by atoms with van der Waals surface area (Å²) in [5.74, 6) is 0. The van der Waals surface area contributed by atoms with Crippen molar-refractivity contribution in [2.45, 2.75) is 5.54 Å². The Morgan fingerprint density at radius 3 is 2.38 bits per heavy atom. The molecule has 44 valence electrons. The van der Waals surface area contributed by atoms with Crippen molar-refractivity contribution in [3.8, 4) is 6.07 Å². The van der Waals surface area contributed by atoms with Gasteiger partial charge >= 0.3 is 0 Å². The summed E-state index contributed by atoms with van der Waals surface area (Å²) in [6.45, 7) is 1.56. The molecule has 1 rings (SSSR count). The monoisotopic (exact) mass is 111 g/mol. The minimum Gasteiger partial charge on any atom is -0.311 e. The van der Waals surface area contributed by atoms with Gasteiger partial charge in [0.2, 0.25) is 0 Å². The number of hydrogen-bond donors (Lipinski definition) is 2. The molecule has 0 amide bonds. The fourth-order valence-electron chi connectivity index (χ4n) is 0.687. The van der Waals surface area contributed by atoms with Crippen LogP contribution in [0.5, 0.6) is 0 Å². The van der Waals surface area contributed by atoms with Gasteiger partial charge in [-0.05, 0) is 7.05 Å². The van der Waals surface area contributed by atoms with Crippen molar-refractivity contribution in [2.75, 3.05) is 20.1 Å². The highest BCUT2D eigenvalue weighted by Crippen LogP contribution is 2.06. The average Bonchev–Trinajstić information content (AvgIpc) is 1.67. The molecule has 3 nitrogen and oxygen atoms in total. The van der Waals surface area contributed by atoms with Crippen molar-refractivity contribution in [2.24, 2.45) is 0 Å². The van der Waals surface area contributed by atoms with E-state index in [4.69, 9.17) is 5.26 Å². The first-order valence-corrected chi connectivity index (χ1v) is 2.64. The van der Waals surface area contributed by atoms with E-state index < -0.39 is 0 Å². The predicted molar refractivity (Wildman–Crippen MR) is 30.3 cm³/mol. The molecule has 0 radical (unpaired) electrons. The highest BCUT2D eigenvalue weighted by molar-refractivity contribution is 5.15. The summed E-state index contributed by atoms with van der Waals surface area (Å²) in [7, 11) is 1.81. The van der Waals surface area contributed by atoms with Crippen molar-refractivity contribution in [1.29, 1.82) is 5.26 Å². The minimum absolute atomic E-state index is 0.250. The number of nitriles is 1. The summed E-state index contributed by atoms with van der Waals surface area (Å²) in [6, 6.07) is 2.19. The molecule has 2 N–H and O–H groups in total. The van der Waals surface area contributed by atoms with Crippen LogP contribution in [0.25, 0.3) is 0 Å². The third kappa shape index (κ3) is 0.585. The Morgan fingerprint density at radius 1 is 1.75 bits per heavy atom. The molecule has 1 aliphatic heterocycles. The molecule has 1 heterocycles. The van der Waals surface area contributed by atoms with Gasteiger partial charge in [0.15, 0.2) is 0 Å². The van der Waals surface area contributed by atoms with Crippen LogP contribution in [0.2, 0.25) is 0 Å². The van der Waals surface area contributed by atoms with Gasteiger partial charge in [0.05, 0.1) is 6.07 Å². The Labute approximate surface area is 48.7 Å². The molecule has 0 unspecified atom stereocenters. The van der Waals surface area contributed by atoms with Gasteiger partial charge in [-0.3, -0.25) is 0 Å². The van der Waals surface area contributed by atoms with E-state index in [1.54, 1.807) is 0 Å². The molecular weight excluding hydrogens is 102 g/mol. The van der Waals surface area contributed by atoms with Gasteiger partial charge in [0.1, 0.15) is 5.54 Å². The van der Waals surface area contributed by atoms with E-state index in [1.165, 1.54) is 0 Å². The summed E-state index contributed by atoms with van der Waals surface area (Å²) in [5, 5.41) is 14.4. The lowest BCUT2D eigenvalue weighted by Crippen LogP contribution is -2.65. The quantitative estimate of drug-likeness (QED) is 0.459. The standard InChI is InChI=1S/C5H9N3/c1-7-5(2-6)3-8-4-5/h7-8H,3-4H2,1H3. The van der Waals surface area contributed by atoms with Gasteiger partial charge in [0, 0.05) is 13.1 Å². The fraction of sp³-hybridized carbons (Fsp3) is 0.800. The highest BCUT2D eigenvalue weighted by Gasteiger charge is 2.34. The van der Waals surface area contributed by atoms with Gasteiger partial charge < -0.3 is 10.6 Å². The van der Waals surface area contributed by atoms with Crippen LogP contribution < -0.4 is 10.6 Å². The summed E-state index contributed by atoms with van der Waals surface area (Å²) in [5.41, 5.74) is -0.250. The lowest BCUT2D eigenvalue weighted by atomic mass is 9.95. The Morgan fingerprint density at radius 2 is 2.38 bits per heavy atom. The molecule has 3 heteroatoms. The van der Waals surface area contributed by atoms with Crippen LogP contribution in [0.4, 0.5) is 0 Å². The Kier molecular flexibility index (Phi) is 1.20. The Balaban J connectivity index is 2.49. The fourth-order valence-corrected chi connectivity index (χ4v) is 0.687. The molecule has 1 saturated heterocycles. The van der Waals surface area contributed by atoms with Crippen LogP contribution >= 0.6 is 0 Å². The SMILES string of the molecule is CNC1(C#N)CNC1. The second-order valence-electron chi connectivity index (χ2n) is 2.05. The highest BCUT2D eigenvalue weighted by atomic mass is 15.1. The largest absolute Gasteiger partial charge is 0.311 e. The molecule has 0 aromatic carbocycles. The van der Waals surface area contributed by atoms with Gasteiger partial charge in [-0.1, -0.05) is 0 Å². The van der Waals surface area contributed by atoms with Gasteiger partial charge in [-0.2, -0.15) is 5.26 Å². The van der Waals surface area contributed by atoms with Crippen molar-refractivity contribution in [3.63, 3.8) is 0 Å². The molecule has 0 atom stereocenters. The summed E-state index contributed by atoms with van der Waals surface area (Å²) >= 11 is 0. The molecular formula is C5H9N3. The maximum Gasteiger partial charge on any atom is 0.131 e. The Bertz CT molecular complexity index is 115. The van der Waals surface area contributed by atoms with Gasteiger partial charge in [-0.15, -0.1) is 0 Å². The molecule has 0 aromatic heterocycles. The maximum absolute atomic E-state index is 8.48. The minimum atomic E-state index is -0.250.